The molecule has 0 spiro atoms. The van der Waals surface area contributed by atoms with E-state index in [2.05, 4.69) is 0 Å². The van der Waals surface area contributed by atoms with E-state index < -0.39 is 16.0 Å². The van der Waals surface area contributed by atoms with Crippen molar-refractivity contribution in [3.63, 3.8) is 0 Å². The Balaban J connectivity index is 0.000000795. The van der Waals surface area contributed by atoms with Crippen molar-refractivity contribution >= 4 is 50.1 Å². The van der Waals surface area contributed by atoms with Crippen LogP contribution in [0, 0.1) is 5.41 Å². The summed E-state index contributed by atoms with van der Waals surface area (Å²) in [7, 11) is -3.68. The number of carbonyl (C=O) groups excluding carboxylic acids is 1. The minimum absolute atomic E-state index is 0.108. The van der Waals surface area contributed by atoms with Gasteiger partial charge in [0.05, 0.1) is 4.90 Å². The minimum Gasteiger partial charge on any atom is -0.481 e. The summed E-state index contributed by atoms with van der Waals surface area (Å²) < 4.78 is 27.6. The predicted molar refractivity (Wildman–Crippen MR) is 134 cm³/mol. The largest absolute Gasteiger partial charge is 0.481 e. The van der Waals surface area contributed by atoms with Crippen molar-refractivity contribution in [1.29, 1.82) is 5.41 Å². The first-order valence-corrected chi connectivity index (χ1v) is 12.4. The number of carboxylic acids is 1. The molecule has 35 heavy (non-hydrogen) atoms. The van der Waals surface area contributed by atoms with Gasteiger partial charge in [0, 0.05) is 49.3 Å². The summed E-state index contributed by atoms with van der Waals surface area (Å²) in [5.41, 5.74) is 6.41. The quantitative estimate of drug-likeness (QED) is 0.359. The van der Waals surface area contributed by atoms with Crippen molar-refractivity contribution < 1.29 is 23.1 Å². The number of sulfonamides is 1. The highest BCUT2D eigenvalue weighted by Crippen LogP contribution is 2.25. The van der Waals surface area contributed by atoms with Gasteiger partial charge in [-0.05, 0) is 47.2 Å². The number of halogens is 1. The van der Waals surface area contributed by atoms with E-state index in [1.165, 1.54) is 4.31 Å². The van der Waals surface area contributed by atoms with Crippen LogP contribution in [0.25, 0.3) is 10.8 Å². The lowest BCUT2D eigenvalue weighted by Crippen LogP contribution is -2.50. The summed E-state index contributed by atoms with van der Waals surface area (Å²) in [4.78, 5) is 23.6. The number of fused-ring (bicyclic) bond motifs is 1. The van der Waals surface area contributed by atoms with Crippen molar-refractivity contribution in [2.75, 3.05) is 26.2 Å². The minimum atomic E-state index is -3.68. The Morgan fingerprint density at radius 1 is 0.943 bits per heavy atom. The molecule has 0 atom stereocenters. The van der Waals surface area contributed by atoms with Crippen molar-refractivity contribution in [1.82, 2.24) is 9.21 Å². The van der Waals surface area contributed by atoms with Crippen LogP contribution in [0.3, 0.4) is 0 Å². The molecule has 184 valence electrons. The average molecular weight is 517 g/mol. The molecule has 0 aromatic heterocycles. The Hall–Kier alpha value is -3.47. The number of nitrogen functional groups attached to an aromatic ring is 1. The van der Waals surface area contributed by atoms with Crippen LogP contribution in [0.1, 0.15) is 22.8 Å². The number of nitrogens with one attached hydrogen (secondary N) is 1. The van der Waals surface area contributed by atoms with E-state index in [9.17, 15) is 13.2 Å². The number of rotatable bonds is 4. The molecule has 1 amide bonds. The highest BCUT2D eigenvalue weighted by atomic mass is 35.5. The predicted octanol–water partition coefficient (Wildman–Crippen LogP) is 3.01. The molecule has 3 aromatic rings. The van der Waals surface area contributed by atoms with Gasteiger partial charge in [-0.2, -0.15) is 4.31 Å². The van der Waals surface area contributed by atoms with E-state index >= 15 is 0 Å². The summed E-state index contributed by atoms with van der Waals surface area (Å²) in [6.07, 6.45) is 0. The molecule has 1 aliphatic heterocycles. The van der Waals surface area contributed by atoms with Gasteiger partial charge in [0.25, 0.3) is 11.9 Å². The summed E-state index contributed by atoms with van der Waals surface area (Å²) in [6.45, 7) is 2.06. The number of benzene rings is 3. The van der Waals surface area contributed by atoms with Crippen molar-refractivity contribution in [2.24, 2.45) is 5.73 Å². The maximum atomic E-state index is 13.1. The van der Waals surface area contributed by atoms with Crippen LogP contribution in [0.15, 0.2) is 65.6 Å². The first kappa shape index (κ1) is 26.1. The molecule has 11 heteroatoms. The van der Waals surface area contributed by atoms with E-state index in [1.54, 1.807) is 65.6 Å². The molecule has 0 aliphatic carbocycles. The molecule has 0 saturated carbocycles. The van der Waals surface area contributed by atoms with Crippen LogP contribution in [-0.2, 0) is 14.8 Å². The molecule has 3 aromatic carbocycles. The standard InChI is InChI=1S/C22H21ClN4O3S.C2H4O2/c23-19-6-4-16-14-20(7-5-15(16)13-19)31(29,30)27-10-8-26(9-11-27)22(28)18-3-1-2-17(12-18)21(24)25;1-2(3)4/h1-7,12-14H,8-11H2,(H3,24,25);1H3,(H,3,4). The Bertz CT molecular complexity index is 1380. The number of nitrogens with two attached hydrogens (primary N) is 1. The number of amides is 1. The fraction of sp³-hybridized carbons (Fsp3) is 0.208. The molecule has 1 saturated heterocycles. The molecule has 0 bridgehead atoms. The fourth-order valence-electron chi connectivity index (χ4n) is 3.64. The first-order chi connectivity index (χ1) is 16.5. The highest BCUT2D eigenvalue weighted by molar-refractivity contribution is 7.89. The smallest absolute Gasteiger partial charge is 0.300 e. The first-order valence-electron chi connectivity index (χ1n) is 10.6. The van der Waals surface area contributed by atoms with E-state index in [0.29, 0.717) is 16.1 Å². The summed E-state index contributed by atoms with van der Waals surface area (Å²) >= 11 is 6.00. The van der Waals surface area contributed by atoms with Gasteiger partial charge in [0.1, 0.15) is 5.84 Å². The molecule has 0 unspecified atom stereocenters. The van der Waals surface area contributed by atoms with Crippen molar-refractivity contribution in [3.05, 3.63) is 76.8 Å². The van der Waals surface area contributed by atoms with Gasteiger partial charge in [-0.25, -0.2) is 8.42 Å². The maximum Gasteiger partial charge on any atom is 0.300 e. The average Bonchev–Trinajstić information content (AvgIpc) is 2.83. The van der Waals surface area contributed by atoms with Crippen LogP contribution in [-0.4, -0.2) is 66.6 Å². The molecule has 1 aliphatic rings. The lowest BCUT2D eigenvalue weighted by Gasteiger charge is -2.34. The van der Waals surface area contributed by atoms with Crippen molar-refractivity contribution in [2.45, 2.75) is 11.8 Å². The third-order valence-electron chi connectivity index (χ3n) is 5.36. The third-order valence-corrected chi connectivity index (χ3v) is 7.49. The lowest BCUT2D eigenvalue weighted by molar-refractivity contribution is -0.134. The summed E-state index contributed by atoms with van der Waals surface area (Å²) in [5.74, 6) is -1.15. The van der Waals surface area contributed by atoms with Gasteiger partial charge >= 0.3 is 0 Å². The number of hydrogen-bond acceptors (Lipinski definition) is 5. The second-order valence-corrected chi connectivity index (χ2v) is 10.2. The maximum absolute atomic E-state index is 13.1. The van der Waals surface area contributed by atoms with E-state index in [1.807, 2.05) is 0 Å². The Labute approximate surface area is 208 Å². The second-order valence-electron chi connectivity index (χ2n) is 7.86. The summed E-state index contributed by atoms with van der Waals surface area (Å²) in [5, 5.41) is 17.2. The van der Waals surface area contributed by atoms with E-state index in [-0.39, 0.29) is 42.8 Å². The lowest BCUT2D eigenvalue weighted by atomic mass is 10.1. The topological polar surface area (TPSA) is 145 Å². The van der Waals surface area contributed by atoms with Crippen LogP contribution in [0.4, 0.5) is 0 Å². The zero-order valence-electron chi connectivity index (χ0n) is 18.9. The van der Waals surface area contributed by atoms with Gasteiger partial charge in [-0.15, -0.1) is 0 Å². The van der Waals surface area contributed by atoms with Gasteiger partial charge in [-0.3, -0.25) is 15.0 Å². The molecule has 1 fully saturated rings. The van der Waals surface area contributed by atoms with Gasteiger partial charge in [0.2, 0.25) is 10.0 Å². The number of hydrogen-bond donors (Lipinski definition) is 3. The summed E-state index contributed by atoms with van der Waals surface area (Å²) in [6, 6.07) is 16.9. The van der Waals surface area contributed by atoms with Gasteiger partial charge in [0.15, 0.2) is 0 Å². The molecular formula is C24H25ClN4O5S. The van der Waals surface area contributed by atoms with Crippen molar-refractivity contribution in [3.8, 4) is 0 Å². The Morgan fingerprint density at radius 3 is 2.14 bits per heavy atom. The van der Waals surface area contributed by atoms with Crippen LogP contribution in [0.5, 0.6) is 0 Å². The molecular weight excluding hydrogens is 492 g/mol. The number of amidine groups is 1. The zero-order chi connectivity index (χ0) is 25.8. The fourth-order valence-corrected chi connectivity index (χ4v) is 5.28. The van der Waals surface area contributed by atoms with Crippen LogP contribution < -0.4 is 5.73 Å². The van der Waals surface area contributed by atoms with Crippen LogP contribution in [0.2, 0.25) is 5.02 Å². The molecule has 4 rings (SSSR count). The number of aliphatic carboxylic acids is 1. The molecule has 9 nitrogen and oxygen atoms in total. The third kappa shape index (κ3) is 6.36. The molecule has 1 heterocycles. The zero-order valence-corrected chi connectivity index (χ0v) is 20.5. The normalized spacial score (nSPS) is 14.2. The highest BCUT2D eigenvalue weighted by Gasteiger charge is 2.30. The SMILES string of the molecule is CC(=O)O.N=C(N)c1cccc(C(=O)N2CCN(S(=O)(=O)c3ccc4cc(Cl)ccc4c3)CC2)c1. The van der Waals surface area contributed by atoms with Gasteiger partial charge in [-0.1, -0.05) is 35.9 Å². The number of carboxylic acid groups (broad SMARTS) is 1. The monoisotopic (exact) mass is 516 g/mol. The number of nitrogens with zero attached hydrogens (tertiary/aromatic N) is 2. The Morgan fingerprint density at radius 2 is 1.51 bits per heavy atom. The Kier molecular flexibility index (Phi) is 8.11. The molecule has 4 N–H and O–H groups in total. The van der Waals surface area contributed by atoms with E-state index in [4.69, 9.17) is 32.6 Å². The molecule has 0 radical (unpaired) electrons. The van der Waals surface area contributed by atoms with Crippen LogP contribution >= 0.6 is 11.6 Å². The number of piperazine rings is 1. The second kappa shape index (κ2) is 10.9. The van der Waals surface area contributed by atoms with E-state index in [0.717, 1.165) is 17.7 Å². The number of carbonyl (C=O) groups is 2. The van der Waals surface area contributed by atoms with Gasteiger partial charge < -0.3 is 15.7 Å².